The van der Waals surface area contributed by atoms with Gasteiger partial charge in [0.1, 0.15) is 15.9 Å². The molecule has 1 unspecified atom stereocenters. The number of rotatable bonds is 6. The molecule has 1 atom stereocenters. The molecule has 18 heavy (non-hydrogen) atoms. The Morgan fingerprint density at radius 1 is 1.61 bits per heavy atom. The summed E-state index contributed by atoms with van der Waals surface area (Å²) in [6.07, 6.45) is 0.186. The second kappa shape index (κ2) is 6.91. The van der Waals surface area contributed by atoms with Gasteiger partial charge in [-0.15, -0.1) is 0 Å². The van der Waals surface area contributed by atoms with Crippen LogP contribution in [0.5, 0.6) is 0 Å². The number of amidine groups is 1. The van der Waals surface area contributed by atoms with Gasteiger partial charge in [-0.2, -0.15) is 0 Å². The summed E-state index contributed by atoms with van der Waals surface area (Å²) in [4.78, 5) is 2.07. The third-order valence-corrected chi connectivity index (χ3v) is 4.76. The van der Waals surface area contributed by atoms with E-state index in [2.05, 4.69) is 10.1 Å². The molecule has 3 N–H and O–H groups in total. The topological polar surface area (TPSA) is 105 Å². The Balaban J connectivity index is 2.35. The van der Waals surface area contributed by atoms with Gasteiger partial charge in [-0.3, -0.25) is 4.90 Å². The van der Waals surface area contributed by atoms with Gasteiger partial charge in [0.05, 0.1) is 12.4 Å². The van der Waals surface area contributed by atoms with E-state index < -0.39 is 15.9 Å². The summed E-state index contributed by atoms with van der Waals surface area (Å²) in [5.41, 5.74) is 5.48. The van der Waals surface area contributed by atoms with E-state index in [0.29, 0.717) is 26.1 Å². The number of oxime groups is 1. The van der Waals surface area contributed by atoms with Crippen molar-refractivity contribution >= 4 is 15.7 Å². The monoisotopic (exact) mass is 279 g/mol. The number of morpholine rings is 1. The first kappa shape index (κ1) is 15.2. The van der Waals surface area contributed by atoms with Gasteiger partial charge < -0.3 is 15.7 Å². The maximum atomic E-state index is 11.3. The minimum Gasteiger partial charge on any atom is -0.409 e. The molecule has 0 saturated carbocycles. The third kappa shape index (κ3) is 4.79. The first-order valence-corrected chi connectivity index (χ1v) is 7.82. The lowest BCUT2D eigenvalue weighted by Crippen LogP contribution is -2.48. The van der Waals surface area contributed by atoms with Gasteiger partial charge in [-0.25, -0.2) is 8.42 Å². The Kier molecular flexibility index (Phi) is 5.83. The zero-order valence-electron chi connectivity index (χ0n) is 10.6. The highest BCUT2D eigenvalue weighted by atomic mass is 32.2. The zero-order valence-corrected chi connectivity index (χ0v) is 11.4. The molecule has 0 aliphatic carbocycles. The number of sulfone groups is 1. The lowest BCUT2D eigenvalue weighted by atomic mass is 10.2. The van der Waals surface area contributed by atoms with Gasteiger partial charge in [-0.1, -0.05) is 12.1 Å². The maximum Gasteiger partial charge on any atom is 0.169 e. The second-order valence-electron chi connectivity index (χ2n) is 4.27. The molecular weight excluding hydrogens is 258 g/mol. The van der Waals surface area contributed by atoms with Crippen molar-refractivity contribution in [3.8, 4) is 0 Å². The van der Waals surface area contributed by atoms with Crippen LogP contribution < -0.4 is 5.73 Å². The summed E-state index contributed by atoms with van der Waals surface area (Å²) in [6.45, 7) is 4.10. The summed E-state index contributed by atoms with van der Waals surface area (Å²) in [5.74, 6) is 0.443. The van der Waals surface area contributed by atoms with Gasteiger partial charge >= 0.3 is 0 Å². The van der Waals surface area contributed by atoms with Crippen molar-refractivity contribution in [2.75, 3.05) is 37.7 Å². The minimum absolute atomic E-state index is 0.0564. The largest absolute Gasteiger partial charge is 0.409 e. The maximum absolute atomic E-state index is 11.3. The van der Waals surface area contributed by atoms with Crippen LogP contribution >= 0.6 is 0 Å². The quantitative estimate of drug-likeness (QED) is 0.287. The molecule has 0 radical (unpaired) electrons. The van der Waals surface area contributed by atoms with E-state index in [1.165, 1.54) is 0 Å². The van der Waals surface area contributed by atoms with E-state index in [9.17, 15) is 8.42 Å². The predicted octanol–water partition coefficient (Wildman–Crippen LogP) is -0.742. The number of hydrogen-bond donors (Lipinski definition) is 2. The van der Waals surface area contributed by atoms with Crippen molar-refractivity contribution in [3.05, 3.63) is 0 Å². The van der Waals surface area contributed by atoms with Crippen LogP contribution in [0.3, 0.4) is 0 Å². The number of hydrogen-bond acceptors (Lipinski definition) is 6. The van der Waals surface area contributed by atoms with E-state index in [1.807, 2.05) is 0 Å². The summed E-state index contributed by atoms with van der Waals surface area (Å²) in [6, 6.07) is 0. The van der Waals surface area contributed by atoms with Gasteiger partial charge in [0.2, 0.25) is 0 Å². The summed E-state index contributed by atoms with van der Waals surface area (Å²) >= 11 is 0. The highest BCUT2D eigenvalue weighted by Crippen LogP contribution is 2.06. The van der Waals surface area contributed by atoms with Crippen LogP contribution in [0.25, 0.3) is 0 Å². The van der Waals surface area contributed by atoms with Crippen LogP contribution in [0.4, 0.5) is 0 Å². The molecule has 1 aliphatic rings. The van der Waals surface area contributed by atoms with E-state index in [4.69, 9.17) is 15.7 Å². The molecule has 8 heteroatoms. The van der Waals surface area contributed by atoms with Crippen LogP contribution in [0.2, 0.25) is 0 Å². The average molecular weight is 279 g/mol. The molecule has 0 aromatic rings. The van der Waals surface area contributed by atoms with E-state index in [-0.39, 0.29) is 17.3 Å². The molecule has 1 rings (SSSR count). The minimum atomic E-state index is -2.90. The standard InChI is InChI=1S/C10H21N3O4S/c1-2-18(15,16)7-3-4-13-5-6-17-9(8-13)10(11)12-14/h9,14H,2-8H2,1H3,(H2,11,12). The Labute approximate surface area is 108 Å². The molecule has 1 heterocycles. The molecule has 1 saturated heterocycles. The fraction of sp³-hybridized carbons (Fsp3) is 0.900. The molecule has 106 valence electrons. The van der Waals surface area contributed by atoms with E-state index in [0.717, 1.165) is 6.54 Å². The SMILES string of the molecule is CCS(=O)(=O)CCCN1CCOC(C(N)=NO)C1. The van der Waals surface area contributed by atoms with Gasteiger partial charge in [0.15, 0.2) is 5.84 Å². The van der Waals surface area contributed by atoms with Crippen molar-refractivity contribution in [2.24, 2.45) is 10.9 Å². The van der Waals surface area contributed by atoms with Crippen LogP contribution in [0.15, 0.2) is 5.16 Å². The molecule has 0 aromatic heterocycles. The summed E-state index contributed by atoms with van der Waals surface area (Å²) in [7, 11) is -2.90. The first-order chi connectivity index (χ1) is 8.48. The molecule has 0 bridgehead atoms. The van der Waals surface area contributed by atoms with Crippen molar-refractivity contribution in [1.82, 2.24) is 4.90 Å². The first-order valence-electron chi connectivity index (χ1n) is 6.00. The smallest absolute Gasteiger partial charge is 0.169 e. The fourth-order valence-corrected chi connectivity index (χ4v) is 2.66. The van der Waals surface area contributed by atoms with Gasteiger partial charge in [0.25, 0.3) is 0 Å². The zero-order chi connectivity index (χ0) is 13.6. The van der Waals surface area contributed by atoms with Crippen LogP contribution in [0, 0.1) is 0 Å². The van der Waals surface area contributed by atoms with Crippen molar-refractivity contribution < 1.29 is 18.4 Å². The number of nitrogens with zero attached hydrogens (tertiary/aromatic N) is 2. The Hall–Kier alpha value is -0.860. The molecule has 0 aromatic carbocycles. The highest BCUT2D eigenvalue weighted by Gasteiger charge is 2.23. The average Bonchev–Trinajstić information content (AvgIpc) is 2.38. The molecular formula is C10H21N3O4S. The van der Waals surface area contributed by atoms with Crippen molar-refractivity contribution in [3.63, 3.8) is 0 Å². The second-order valence-corrected chi connectivity index (χ2v) is 6.75. The molecule has 0 spiro atoms. The normalized spacial score (nSPS) is 23.2. The van der Waals surface area contributed by atoms with E-state index in [1.54, 1.807) is 6.92 Å². The Morgan fingerprint density at radius 2 is 2.33 bits per heavy atom. The van der Waals surface area contributed by atoms with Gasteiger partial charge in [-0.05, 0) is 13.0 Å². The lowest BCUT2D eigenvalue weighted by Gasteiger charge is -2.32. The van der Waals surface area contributed by atoms with Crippen LogP contribution in [-0.4, -0.2) is 68.2 Å². The summed E-state index contributed by atoms with van der Waals surface area (Å²) in [5, 5.41) is 11.5. The summed E-state index contributed by atoms with van der Waals surface area (Å²) < 4.78 is 28.0. The fourth-order valence-electron chi connectivity index (χ4n) is 1.80. The van der Waals surface area contributed by atoms with Crippen LogP contribution in [-0.2, 0) is 14.6 Å². The molecule has 0 amide bonds. The molecule has 1 aliphatic heterocycles. The Bertz CT molecular complexity index is 383. The van der Waals surface area contributed by atoms with Crippen molar-refractivity contribution in [1.29, 1.82) is 0 Å². The van der Waals surface area contributed by atoms with Crippen molar-refractivity contribution in [2.45, 2.75) is 19.4 Å². The number of ether oxygens (including phenoxy) is 1. The van der Waals surface area contributed by atoms with Gasteiger partial charge in [0, 0.05) is 18.8 Å². The number of nitrogens with two attached hydrogens (primary N) is 1. The molecule has 1 fully saturated rings. The van der Waals surface area contributed by atoms with Crippen LogP contribution in [0.1, 0.15) is 13.3 Å². The molecule has 7 nitrogen and oxygen atoms in total. The lowest BCUT2D eigenvalue weighted by molar-refractivity contribution is 0.00489. The highest BCUT2D eigenvalue weighted by molar-refractivity contribution is 7.91. The van der Waals surface area contributed by atoms with E-state index >= 15 is 0 Å². The predicted molar refractivity (Wildman–Crippen MR) is 68.5 cm³/mol. The third-order valence-electron chi connectivity index (χ3n) is 2.97. The Morgan fingerprint density at radius 3 is 2.94 bits per heavy atom.